The summed E-state index contributed by atoms with van der Waals surface area (Å²) in [6, 6.07) is 0. The summed E-state index contributed by atoms with van der Waals surface area (Å²) in [6.07, 6.45) is 2.65. The molecule has 1 atom stereocenters. The smallest absolute Gasteiger partial charge is 0.229 e. The van der Waals surface area contributed by atoms with Gasteiger partial charge in [-0.2, -0.15) is 0 Å². The van der Waals surface area contributed by atoms with E-state index < -0.39 is 0 Å². The molecule has 0 saturated carbocycles. The second-order valence-electron chi connectivity index (χ2n) is 3.11. The number of carbonyl (C=O) groups is 2. The lowest BCUT2D eigenvalue weighted by atomic mass is 9.93. The molecule has 0 spiro atoms. The second-order valence-corrected chi connectivity index (χ2v) is 3.11. The molecular formula is C10H13NO2. The first kappa shape index (κ1) is 9.79. The van der Waals surface area contributed by atoms with Crippen molar-refractivity contribution in [2.75, 3.05) is 0 Å². The molecule has 1 fully saturated rings. The van der Waals surface area contributed by atoms with Crippen molar-refractivity contribution in [3.05, 3.63) is 0 Å². The number of carbonyl (C=O) groups excluding carboxylic acids is 2. The maximum Gasteiger partial charge on any atom is 0.229 e. The van der Waals surface area contributed by atoms with Crippen LogP contribution in [0.15, 0.2) is 0 Å². The lowest BCUT2D eigenvalue weighted by Crippen LogP contribution is -2.40. The third-order valence-corrected chi connectivity index (χ3v) is 2.15. The fourth-order valence-electron chi connectivity index (χ4n) is 1.39. The van der Waals surface area contributed by atoms with Gasteiger partial charge in [-0.3, -0.25) is 14.9 Å². The summed E-state index contributed by atoms with van der Waals surface area (Å²) >= 11 is 0. The lowest BCUT2D eigenvalue weighted by Gasteiger charge is -2.19. The van der Waals surface area contributed by atoms with E-state index in [4.69, 9.17) is 0 Å². The molecule has 0 radical (unpaired) electrons. The average Bonchev–Trinajstić information content (AvgIpc) is 2.09. The van der Waals surface area contributed by atoms with Crippen LogP contribution in [-0.4, -0.2) is 11.8 Å². The highest BCUT2D eigenvalue weighted by Gasteiger charge is 2.25. The molecule has 1 heterocycles. The van der Waals surface area contributed by atoms with Crippen molar-refractivity contribution in [2.24, 2.45) is 5.92 Å². The largest absolute Gasteiger partial charge is 0.296 e. The summed E-state index contributed by atoms with van der Waals surface area (Å²) in [5, 5.41) is 2.33. The number of rotatable bonds is 2. The highest BCUT2D eigenvalue weighted by atomic mass is 16.2. The van der Waals surface area contributed by atoms with Crippen LogP contribution in [0.25, 0.3) is 0 Å². The van der Waals surface area contributed by atoms with Gasteiger partial charge in [0, 0.05) is 18.8 Å². The number of amides is 2. The van der Waals surface area contributed by atoms with Crippen LogP contribution in [0.1, 0.15) is 32.6 Å². The number of hydrogen-bond donors (Lipinski definition) is 1. The highest BCUT2D eigenvalue weighted by Crippen LogP contribution is 2.17. The van der Waals surface area contributed by atoms with Gasteiger partial charge < -0.3 is 0 Å². The van der Waals surface area contributed by atoms with E-state index in [0.717, 1.165) is 12.8 Å². The van der Waals surface area contributed by atoms with Gasteiger partial charge >= 0.3 is 0 Å². The van der Waals surface area contributed by atoms with E-state index in [-0.39, 0.29) is 17.7 Å². The van der Waals surface area contributed by atoms with Gasteiger partial charge in [-0.05, 0) is 19.8 Å². The van der Waals surface area contributed by atoms with Crippen molar-refractivity contribution < 1.29 is 9.59 Å². The van der Waals surface area contributed by atoms with Gasteiger partial charge in [0.15, 0.2) is 0 Å². The first-order chi connectivity index (χ1) is 6.24. The number of nitrogens with one attached hydrogen (secondary N) is 1. The molecule has 1 unspecified atom stereocenters. The molecule has 0 bridgehead atoms. The third-order valence-electron chi connectivity index (χ3n) is 2.15. The zero-order chi connectivity index (χ0) is 9.68. The Bertz CT molecular complexity index is 272. The fourth-order valence-corrected chi connectivity index (χ4v) is 1.39. The van der Waals surface area contributed by atoms with Gasteiger partial charge in [-0.25, -0.2) is 0 Å². The van der Waals surface area contributed by atoms with Crippen molar-refractivity contribution in [1.82, 2.24) is 5.32 Å². The van der Waals surface area contributed by atoms with Gasteiger partial charge in [0.2, 0.25) is 11.8 Å². The zero-order valence-corrected chi connectivity index (χ0v) is 7.72. The van der Waals surface area contributed by atoms with E-state index in [1.54, 1.807) is 6.92 Å². The first-order valence-electron chi connectivity index (χ1n) is 4.47. The molecular weight excluding hydrogens is 166 g/mol. The Balaban J connectivity index is 2.36. The van der Waals surface area contributed by atoms with Crippen LogP contribution in [0.4, 0.5) is 0 Å². The Morgan fingerprint density at radius 1 is 1.54 bits per heavy atom. The minimum atomic E-state index is -0.150. The first-order valence-corrected chi connectivity index (χ1v) is 4.47. The molecule has 1 saturated heterocycles. The van der Waals surface area contributed by atoms with Gasteiger partial charge in [-0.1, -0.05) is 0 Å². The molecule has 0 aromatic rings. The summed E-state index contributed by atoms with van der Waals surface area (Å²) < 4.78 is 0. The monoisotopic (exact) mass is 179 g/mol. The van der Waals surface area contributed by atoms with Crippen LogP contribution < -0.4 is 5.32 Å². The van der Waals surface area contributed by atoms with Gasteiger partial charge in [0.1, 0.15) is 0 Å². The molecule has 1 aliphatic rings. The van der Waals surface area contributed by atoms with Crippen LogP contribution in [0.2, 0.25) is 0 Å². The zero-order valence-electron chi connectivity index (χ0n) is 7.72. The van der Waals surface area contributed by atoms with Crippen LogP contribution in [0.3, 0.4) is 0 Å². The van der Waals surface area contributed by atoms with Gasteiger partial charge in [0.25, 0.3) is 0 Å². The van der Waals surface area contributed by atoms with Crippen molar-refractivity contribution in [3.8, 4) is 11.8 Å². The maximum atomic E-state index is 11.2. The predicted octanol–water partition coefficient (Wildman–Crippen LogP) is 0.843. The van der Waals surface area contributed by atoms with Gasteiger partial charge in [-0.15, -0.1) is 11.8 Å². The van der Waals surface area contributed by atoms with Crippen LogP contribution in [0, 0.1) is 17.8 Å². The molecule has 0 aromatic carbocycles. The summed E-state index contributed by atoms with van der Waals surface area (Å²) in [5.74, 6) is 5.40. The van der Waals surface area contributed by atoms with E-state index in [1.165, 1.54) is 0 Å². The standard InChI is InChI=1S/C10H13NO2/c1-2-3-4-5-8-6-7-9(12)11-10(8)13/h8H,4-7H2,1H3,(H,11,12,13). The van der Waals surface area contributed by atoms with Crippen LogP contribution in [-0.2, 0) is 9.59 Å². The SMILES string of the molecule is CC#CCCC1CCC(=O)NC1=O. The Hall–Kier alpha value is -1.30. The Kier molecular flexibility index (Phi) is 3.51. The van der Waals surface area contributed by atoms with Crippen LogP contribution in [0.5, 0.6) is 0 Å². The van der Waals surface area contributed by atoms with E-state index in [9.17, 15) is 9.59 Å². The molecule has 13 heavy (non-hydrogen) atoms. The predicted molar refractivity (Wildman–Crippen MR) is 48.6 cm³/mol. The molecule has 3 nitrogen and oxygen atoms in total. The quantitative estimate of drug-likeness (QED) is 0.504. The molecule has 70 valence electrons. The van der Waals surface area contributed by atoms with Crippen LogP contribution >= 0.6 is 0 Å². The number of piperidine rings is 1. The molecule has 3 heteroatoms. The van der Waals surface area contributed by atoms with Crippen molar-refractivity contribution in [2.45, 2.75) is 32.6 Å². The summed E-state index contributed by atoms with van der Waals surface area (Å²) in [7, 11) is 0. The average molecular weight is 179 g/mol. The molecule has 1 N–H and O–H groups in total. The molecule has 1 rings (SSSR count). The summed E-state index contributed by atoms with van der Waals surface area (Å²) in [6.45, 7) is 1.78. The minimum absolute atomic E-state index is 0.0152. The topological polar surface area (TPSA) is 46.2 Å². The Morgan fingerprint density at radius 2 is 2.31 bits per heavy atom. The third kappa shape index (κ3) is 2.90. The normalized spacial score (nSPS) is 21.8. The Labute approximate surface area is 77.9 Å². The van der Waals surface area contributed by atoms with Crippen molar-refractivity contribution in [3.63, 3.8) is 0 Å². The van der Waals surface area contributed by atoms with E-state index >= 15 is 0 Å². The van der Waals surface area contributed by atoms with E-state index in [2.05, 4.69) is 17.2 Å². The van der Waals surface area contributed by atoms with E-state index in [0.29, 0.717) is 12.8 Å². The summed E-state index contributed by atoms with van der Waals surface area (Å²) in [5.41, 5.74) is 0. The maximum absolute atomic E-state index is 11.2. The number of hydrogen-bond acceptors (Lipinski definition) is 2. The molecule has 0 aromatic heterocycles. The Morgan fingerprint density at radius 3 is 2.92 bits per heavy atom. The molecule has 2 amide bonds. The summed E-state index contributed by atoms with van der Waals surface area (Å²) in [4.78, 5) is 22.0. The van der Waals surface area contributed by atoms with E-state index in [1.807, 2.05) is 0 Å². The fraction of sp³-hybridized carbons (Fsp3) is 0.600. The minimum Gasteiger partial charge on any atom is -0.296 e. The number of imide groups is 1. The van der Waals surface area contributed by atoms with Crippen molar-refractivity contribution in [1.29, 1.82) is 0 Å². The lowest BCUT2D eigenvalue weighted by molar-refractivity contribution is -0.136. The van der Waals surface area contributed by atoms with Gasteiger partial charge in [0.05, 0.1) is 0 Å². The van der Waals surface area contributed by atoms with Crippen molar-refractivity contribution >= 4 is 11.8 Å². The molecule has 0 aliphatic carbocycles. The molecule has 1 aliphatic heterocycles. The second kappa shape index (κ2) is 4.66. The highest BCUT2D eigenvalue weighted by molar-refractivity contribution is 5.98.